The van der Waals surface area contributed by atoms with Crippen molar-refractivity contribution in [1.82, 2.24) is 36.6 Å². The largest absolute Gasteiger partial charge is 0.465 e. The molecule has 53 heavy (non-hydrogen) atoms. The van der Waals surface area contributed by atoms with Crippen LogP contribution in [0.5, 0.6) is 0 Å². The summed E-state index contributed by atoms with van der Waals surface area (Å²) in [6, 6.07) is 16.2. The number of anilines is 1. The van der Waals surface area contributed by atoms with E-state index in [1.165, 1.54) is 12.1 Å². The molecule has 0 radical (unpaired) electrons. The third-order valence-corrected chi connectivity index (χ3v) is 10.1. The fourth-order valence-electron chi connectivity index (χ4n) is 7.18. The van der Waals surface area contributed by atoms with Gasteiger partial charge in [-0.15, -0.1) is 10.2 Å². The van der Waals surface area contributed by atoms with Crippen LogP contribution in [0.2, 0.25) is 0 Å². The fourth-order valence-corrected chi connectivity index (χ4v) is 7.18. The first-order chi connectivity index (χ1) is 25.5. The number of rotatable bonds is 12. The molecule has 0 spiro atoms. The lowest BCUT2D eigenvalue weighted by Crippen LogP contribution is -2.48. The third kappa shape index (κ3) is 9.60. The van der Waals surface area contributed by atoms with E-state index in [4.69, 9.17) is 5.11 Å². The minimum absolute atomic E-state index is 0.0341. The van der Waals surface area contributed by atoms with Crippen LogP contribution >= 0.6 is 0 Å². The maximum Gasteiger partial charge on any atom is 0.404 e. The molecule has 4 aromatic rings. The number of benzene rings is 3. The summed E-state index contributed by atoms with van der Waals surface area (Å²) in [4.78, 5) is 51.0. The summed E-state index contributed by atoms with van der Waals surface area (Å²) >= 11 is 0. The number of tetrazole rings is 1. The fraction of sp³-hybridized carbons (Fsp3) is 0.395. The Morgan fingerprint density at radius 2 is 1.70 bits per heavy atom. The van der Waals surface area contributed by atoms with Gasteiger partial charge in [0.25, 0.3) is 5.91 Å². The highest BCUT2D eigenvalue weighted by Crippen LogP contribution is 2.30. The molecule has 0 saturated heterocycles. The quantitative estimate of drug-likeness (QED) is 0.110. The smallest absolute Gasteiger partial charge is 0.404 e. The Kier molecular flexibility index (Phi) is 11.7. The molecule has 278 valence electrons. The number of carbonyl (C=O) groups excluding carboxylic acids is 3. The van der Waals surface area contributed by atoms with Crippen LogP contribution in [0.4, 0.5) is 14.9 Å². The molecule has 4 amide bonds. The predicted molar refractivity (Wildman–Crippen MR) is 193 cm³/mol. The predicted octanol–water partition coefficient (Wildman–Crippen LogP) is 4.36. The number of H-pyrrole nitrogens is 1. The van der Waals surface area contributed by atoms with Crippen LogP contribution in [0.25, 0.3) is 22.5 Å². The van der Waals surface area contributed by atoms with Gasteiger partial charge in [0.15, 0.2) is 0 Å². The Morgan fingerprint density at radius 3 is 2.34 bits per heavy atom. The summed E-state index contributed by atoms with van der Waals surface area (Å²) in [6.45, 7) is 2.26. The molecule has 2 fully saturated rings. The number of aromatic nitrogens is 4. The van der Waals surface area contributed by atoms with Gasteiger partial charge in [0.1, 0.15) is 11.9 Å². The summed E-state index contributed by atoms with van der Waals surface area (Å²) in [5, 5.41) is 43.1. The highest BCUT2D eigenvalue weighted by Gasteiger charge is 2.30. The monoisotopic (exact) mass is 726 g/mol. The molecule has 0 aliphatic heterocycles. The molecule has 0 unspecified atom stereocenters. The zero-order valence-corrected chi connectivity index (χ0v) is 29.3. The average molecular weight is 727 g/mol. The minimum Gasteiger partial charge on any atom is -0.465 e. The minimum atomic E-state index is -1.08. The van der Waals surface area contributed by atoms with Crippen LogP contribution in [-0.2, 0) is 16.0 Å². The number of amides is 4. The maximum absolute atomic E-state index is 15.0. The van der Waals surface area contributed by atoms with Crippen molar-refractivity contribution in [3.8, 4) is 22.5 Å². The van der Waals surface area contributed by atoms with Crippen molar-refractivity contribution in [2.45, 2.75) is 76.5 Å². The zero-order chi connectivity index (χ0) is 37.5. The maximum atomic E-state index is 15.0. The number of nitrogens with zero attached hydrogens (tertiary/aromatic N) is 3. The molecule has 1 heterocycles. The van der Waals surface area contributed by atoms with Crippen molar-refractivity contribution in [1.29, 1.82) is 0 Å². The summed E-state index contributed by atoms with van der Waals surface area (Å²) in [5.41, 5.74) is 4.38. The number of aliphatic hydroxyl groups is 1. The summed E-state index contributed by atoms with van der Waals surface area (Å²) in [7, 11) is 0. The van der Waals surface area contributed by atoms with Gasteiger partial charge in [-0.3, -0.25) is 14.4 Å². The molecule has 7 N–H and O–H groups in total. The molecule has 14 nitrogen and oxygen atoms in total. The Balaban J connectivity index is 1.14. The van der Waals surface area contributed by atoms with Gasteiger partial charge in [0.2, 0.25) is 17.6 Å². The molecule has 3 atom stereocenters. The Labute approximate surface area is 305 Å². The second-order valence-corrected chi connectivity index (χ2v) is 14.0. The van der Waals surface area contributed by atoms with Gasteiger partial charge in [-0.25, -0.2) is 9.18 Å². The highest BCUT2D eigenvalue weighted by molar-refractivity contribution is 5.98. The molecule has 2 aliphatic carbocycles. The molecule has 1 aromatic heterocycles. The van der Waals surface area contributed by atoms with Gasteiger partial charge in [-0.05, 0) is 116 Å². The summed E-state index contributed by atoms with van der Waals surface area (Å²) in [5.74, 6) is -1.75. The molecule has 0 bridgehead atoms. The van der Waals surface area contributed by atoms with Crippen molar-refractivity contribution >= 4 is 29.5 Å². The molecule has 6 rings (SSSR count). The zero-order valence-electron chi connectivity index (χ0n) is 29.3. The first kappa shape index (κ1) is 37.1. The first-order valence-electron chi connectivity index (χ1n) is 17.8. The van der Waals surface area contributed by atoms with Gasteiger partial charge >= 0.3 is 6.09 Å². The number of nitrogens with one attached hydrogen (secondary N) is 5. The lowest BCUT2D eigenvalue weighted by molar-refractivity contribution is -0.130. The van der Waals surface area contributed by atoms with E-state index in [-0.39, 0.29) is 59.3 Å². The number of aromatic amines is 1. The van der Waals surface area contributed by atoms with Crippen LogP contribution in [0.3, 0.4) is 0 Å². The van der Waals surface area contributed by atoms with Gasteiger partial charge in [0, 0.05) is 36.2 Å². The van der Waals surface area contributed by atoms with E-state index < -0.39 is 23.9 Å². The average Bonchev–Trinajstić information content (AvgIpc) is 3.83. The van der Waals surface area contributed by atoms with E-state index in [1.54, 1.807) is 6.07 Å². The molecular weight excluding hydrogens is 683 g/mol. The Morgan fingerprint density at radius 1 is 0.943 bits per heavy atom. The Hall–Kier alpha value is -5.70. The number of hydrogen-bond acceptors (Lipinski definition) is 8. The molecule has 15 heteroatoms. The van der Waals surface area contributed by atoms with Crippen molar-refractivity contribution in [2.75, 3.05) is 11.9 Å². The molecule has 2 aliphatic rings. The van der Waals surface area contributed by atoms with E-state index >= 15 is 0 Å². The van der Waals surface area contributed by atoms with Crippen molar-refractivity contribution in [3.63, 3.8) is 0 Å². The number of hydrogen-bond donors (Lipinski definition) is 7. The second kappa shape index (κ2) is 16.8. The van der Waals surface area contributed by atoms with Gasteiger partial charge in [0.05, 0.1) is 11.7 Å². The van der Waals surface area contributed by atoms with E-state index in [1.807, 2.05) is 43.3 Å². The number of carbonyl (C=O) groups is 4. The number of aliphatic hydroxyl groups excluding tert-OH is 1. The summed E-state index contributed by atoms with van der Waals surface area (Å²) < 4.78 is 15.0. The molecular formula is C38H43FN8O6. The normalized spacial score (nSPS) is 20.3. The molecule has 3 aromatic carbocycles. The van der Waals surface area contributed by atoms with Crippen LogP contribution in [0, 0.1) is 24.6 Å². The Bertz CT molecular complexity index is 1930. The van der Waals surface area contributed by atoms with Crippen LogP contribution in [0.15, 0.2) is 60.7 Å². The topological polar surface area (TPSA) is 211 Å². The number of carboxylic acid groups (broad SMARTS) is 1. The van der Waals surface area contributed by atoms with Gasteiger partial charge < -0.3 is 31.5 Å². The van der Waals surface area contributed by atoms with Crippen molar-refractivity contribution in [3.05, 3.63) is 83.2 Å². The SMILES string of the molecule is Cc1cc(C(=O)N[C@@H]2CC[C@@H](O)C2)ccc1-c1ccc(C[C@H](NC(=O)C2CCC(CNC(=O)O)CC2)C(=O)Nc2ccc(-c3nn[nH]n3)c(F)c2)cc1. The van der Waals surface area contributed by atoms with Crippen LogP contribution < -0.4 is 21.3 Å². The molecule has 2 saturated carbocycles. The van der Waals surface area contributed by atoms with E-state index in [0.717, 1.165) is 34.7 Å². The standard InChI is InChI=1S/C38H43FN8O6/c1-21-16-26(36(50)41-27-11-13-29(48)18-27)10-14-30(21)24-6-2-22(3-7-24)17-33(43-35(49)25-8-4-23(5-9-25)20-40-38(52)53)37(51)42-28-12-15-31(32(39)19-28)34-44-46-47-45-34/h2-3,6-7,10,12,14-16,19,23,25,27,29,33,40,48H,4-5,8-9,11,13,17-18,20H2,1H3,(H,41,50)(H,42,51)(H,43,49)(H,52,53)(H,44,45,46,47)/t23?,25?,27-,29-,33+/m1/s1. The number of aryl methyl sites for hydroxylation is 1. The number of halogens is 1. The van der Waals surface area contributed by atoms with Gasteiger partial charge in [-0.1, -0.05) is 30.3 Å². The van der Waals surface area contributed by atoms with E-state index in [2.05, 4.69) is 41.9 Å². The lowest BCUT2D eigenvalue weighted by atomic mass is 9.81. The van der Waals surface area contributed by atoms with Gasteiger partial charge in [-0.2, -0.15) is 5.21 Å². The lowest BCUT2D eigenvalue weighted by Gasteiger charge is -2.29. The third-order valence-electron chi connectivity index (χ3n) is 10.1. The second-order valence-electron chi connectivity index (χ2n) is 14.0. The van der Waals surface area contributed by atoms with Crippen LogP contribution in [-0.4, -0.2) is 79.4 Å². The van der Waals surface area contributed by atoms with E-state index in [0.29, 0.717) is 50.6 Å². The van der Waals surface area contributed by atoms with Crippen LogP contribution in [0.1, 0.15) is 66.4 Å². The van der Waals surface area contributed by atoms with E-state index in [9.17, 15) is 28.7 Å². The summed E-state index contributed by atoms with van der Waals surface area (Å²) in [6.07, 6.45) is 3.19. The highest BCUT2D eigenvalue weighted by atomic mass is 19.1. The first-order valence-corrected chi connectivity index (χ1v) is 17.8. The van der Waals surface area contributed by atoms with Crippen molar-refractivity contribution < 1.29 is 33.8 Å². The van der Waals surface area contributed by atoms with Crippen molar-refractivity contribution in [2.24, 2.45) is 11.8 Å².